The molecule has 0 radical (unpaired) electrons. The first-order chi connectivity index (χ1) is 23.3. The number of urea groups is 2. The molecule has 2 unspecified atom stereocenters. The number of carbonyl (C=O) groups is 2. The molecule has 3 saturated carbocycles. The zero-order chi connectivity index (χ0) is 33.9. The number of nitrogens with zero attached hydrogens (tertiary/aromatic N) is 4. The van der Waals surface area contributed by atoms with Gasteiger partial charge in [0.15, 0.2) is 0 Å². The summed E-state index contributed by atoms with van der Waals surface area (Å²) < 4.78 is 0. The average Bonchev–Trinajstić information content (AvgIpc) is 3.53. The Balaban J connectivity index is 1.27. The Morgan fingerprint density at radius 2 is 0.875 bits per heavy atom. The van der Waals surface area contributed by atoms with Crippen LogP contribution < -0.4 is 20.4 Å². The Kier molecular flexibility index (Phi) is 13.3. The minimum atomic E-state index is 0.0429. The number of benzene rings is 2. The fraction of sp³-hybridized carbons (Fsp3) is 0.650. The average molecular weight is 659 g/mol. The molecule has 8 nitrogen and oxygen atoms in total. The standard InChI is InChI=1S/C40H62N6O2/c1-43(2)35-24-20-33(21-25-35)41-39(47)45(37-16-9-5-6-10-17-37)29-31-14-13-15-32(28-31)30-46(38-18-11-7-8-12-19-38)40(48)42-34-22-26-36(27-23-34)44(3)4/h20-27,31-32,37-38H,5-19,28-30H2,1-4H3,(H,41,47)(H,42,48). The van der Waals surface area contributed by atoms with Gasteiger partial charge >= 0.3 is 12.1 Å². The van der Waals surface area contributed by atoms with Crippen LogP contribution in [0, 0.1) is 11.8 Å². The topological polar surface area (TPSA) is 71.2 Å². The smallest absolute Gasteiger partial charge is 0.322 e. The van der Waals surface area contributed by atoms with Crippen molar-refractivity contribution < 1.29 is 9.59 Å². The summed E-state index contributed by atoms with van der Waals surface area (Å²) >= 11 is 0. The van der Waals surface area contributed by atoms with E-state index in [0.717, 1.165) is 87.2 Å². The van der Waals surface area contributed by atoms with Gasteiger partial charge in [0.2, 0.25) is 0 Å². The lowest BCUT2D eigenvalue weighted by Crippen LogP contribution is -2.48. The van der Waals surface area contributed by atoms with Gasteiger partial charge in [0, 0.05) is 76.1 Å². The molecular formula is C40H62N6O2. The Bertz CT molecular complexity index is 1170. The molecule has 0 bridgehead atoms. The molecule has 0 saturated heterocycles. The van der Waals surface area contributed by atoms with Gasteiger partial charge < -0.3 is 30.2 Å². The number of nitrogens with one attached hydrogen (secondary N) is 2. The zero-order valence-electron chi connectivity index (χ0n) is 30.3. The maximum Gasteiger partial charge on any atom is 0.322 e. The highest BCUT2D eigenvalue weighted by Gasteiger charge is 2.33. The molecular weight excluding hydrogens is 596 g/mol. The number of rotatable bonds is 10. The molecule has 3 aliphatic rings. The molecule has 8 heteroatoms. The summed E-state index contributed by atoms with van der Waals surface area (Å²) in [5.41, 5.74) is 3.95. The first kappa shape index (κ1) is 35.9. The third-order valence-electron chi connectivity index (χ3n) is 11.1. The van der Waals surface area contributed by atoms with Gasteiger partial charge in [-0.25, -0.2) is 9.59 Å². The minimum absolute atomic E-state index is 0.0429. The second-order valence-corrected chi connectivity index (χ2v) is 15.2. The zero-order valence-corrected chi connectivity index (χ0v) is 30.3. The van der Waals surface area contributed by atoms with Crippen LogP contribution in [0.4, 0.5) is 32.3 Å². The Morgan fingerprint density at radius 1 is 0.521 bits per heavy atom. The van der Waals surface area contributed by atoms with E-state index in [1.54, 1.807) is 0 Å². The molecule has 3 fully saturated rings. The van der Waals surface area contributed by atoms with Gasteiger partial charge in [-0.1, -0.05) is 57.8 Å². The second kappa shape index (κ2) is 17.8. The van der Waals surface area contributed by atoms with Crippen molar-refractivity contribution in [3.63, 3.8) is 0 Å². The summed E-state index contributed by atoms with van der Waals surface area (Å²) in [7, 11) is 8.13. The predicted octanol–water partition coefficient (Wildman–Crippen LogP) is 9.44. The summed E-state index contributed by atoms with van der Waals surface area (Å²) in [5, 5.41) is 6.52. The maximum atomic E-state index is 14.0. The van der Waals surface area contributed by atoms with Crippen LogP contribution in [0.15, 0.2) is 48.5 Å². The number of hydrogen-bond donors (Lipinski definition) is 2. The van der Waals surface area contributed by atoms with E-state index in [1.165, 1.54) is 51.4 Å². The largest absolute Gasteiger partial charge is 0.378 e. The highest BCUT2D eigenvalue weighted by Crippen LogP contribution is 2.34. The second-order valence-electron chi connectivity index (χ2n) is 15.2. The van der Waals surface area contributed by atoms with Crippen LogP contribution >= 0.6 is 0 Å². The molecule has 5 rings (SSSR count). The van der Waals surface area contributed by atoms with E-state index in [-0.39, 0.29) is 12.1 Å². The fourth-order valence-electron chi connectivity index (χ4n) is 8.30. The molecule has 0 heterocycles. The normalized spacial score (nSPS) is 21.0. The lowest BCUT2D eigenvalue weighted by atomic mass is 9.80. The highest BCUT2D eigenvalue weighted by molar-refractivity contribution is 5.90. The van der Waals surface area contributed by atoms with Crippen molar-refractivity contribution >= 4 is 34.8 Å². The maximum absolute atomic E-state index is 14.0. The summed E-state index contributed by atoms with van der Waals surface area (Å²) in [6, 6.07) is 17.0. The SMILES string of the molecule is CN(C)c1ccc(NC(=O)N(CC2CCCC(CN(C(=O)Nc3ccc(N(C)C)cc3)C3CCCCCC3)C2)C2CCCCCC2)cc1. The monoisotopic (exact) mass is 658 g/mol. The van der Waals surface area contributed by atoms with Crippen molar-refractivity contribution in [2.24, 2.45) is 11.8 Å². The number of amides is 4. The van der Waals surface area contributed by atoms with E-state index in [9.17, 15) is 9.59 Å². The van der Waals surface area contributed by atoms with Crippen molar-refractivity contribution in [2.45, 2.75) is 115 Å². The van der Waals surface area contributed by atoms with Crippen LogP contribution in [-0.2, 0) is 0 Å². The molecule has 2 atom stereocenters. The first-order valence-electron chi connectivity index (χ1n) is 19.0. The number of carbonyl (C=O) groups excluding carboxylic acids is 2. The van der Waals surface area contributed by atoms with Crippen LogP contribution in [0.2, 0.25) is 0 Å². The van der Waals surface area contributed by atoms with E-state index >= 15 is 0 Å². The van der Waals surface area contributed by atoms with Crippen LogP contribution in [0.25, 0.3) is 0 Å². The quantitative estimate of drug-likeness (QED) is 0.250. The molecule has 0 spiro atoms. The molecule has 48 heavy (non-hydrogen) atoms. The Morgan fingerprint density at radius 3 is 1.21 bits per heavy atom. The molecule has 0 aromatic heterocycles. The van der Waals surface area contributed by atoms with Crippen LogP contribution in [-0.4, -0.2) is 75.2 Å². The van der Waals surface area contributed by atoms with Gasteiger partial charge in [-0.05, 0) is 105 Å². The van der Waals surface area contributed by atoms with Gasteiger partial charge in [0.05, 0.1) is 0 Å². The molecule has 264 valence electrons. The third kappa shape index (κ3) is 10.3. The van der Waals surface area contributed by atoms with E-state index in [0.29, 0.717) is 23.9 Å². The molecule has 2 N–H and O–H groups in total. The molecule has 4 amide bonds. The van der Waals surface area contributed by atoms with Gasteiger partial charge in [0.1, 0.15) is 0 Å². The summed E-state index contributed by atoms with van der Waals surface area (Å²) in [4.78, 5) is 36.5. The van der Waals surface area contributed by atoms with Crippen molar-refractivity contribution in [1.29, 1.82) is 0 Å². The number of hydrogen-bond acceptors (Lipinski definition) is 4. The van der Waals surface area contributed by atoms with E-state index < -0.39 is 0 Å². The highest BCUT2D eigenvalue weighted by atomic mass is 16.2. The first-order valence-corrected chi connectivity index (χ1v) is 19.0. The van der Waals surface area contributed by atoms with E-state index in [1.807, 2.05) is 52.5 Å². The summed E-state index contributed by atoms with van der Waals surface area (Å²) in [6.07, 6.45) is 18.8. The van der Waals surface area contributed by atoms with Gasteiger partial charge in [-0.3, -0.25) is 0 Å². The Labute approximate surface area is 290 Å². The van der Waals surface area contributed by atoms with Crippen LogP contribution in [0.3, 0.4) is 0 Å². The van der Waals surface area contributed by atoms with Gasteiger partial charge in [-0.15, -0.1) is 0 Å². The Hall–Kier alpha value is -3.42. The van der Waals surface area contributed by atoms with Crippen LogP contribution in [0.5, 0.6) is 0 Å². The minimum Gasteiger partial charge on any atom is -0.378 e. The lowest BCUT2D eigenvalue weighted by Gasteiger charge is -2.40. The lowest BCUT2D eigenvalue weighted by molar-refractivity contribution is 0.121. The van der Waals surface area contributed by atoms with Crippen molar-refractivity contribution in [2.75, 3.05) is 61.7 Å². The van der Waals surface area contributed by atoms with Crippen molar-refractivity contribution in [1.82, 2.24) is 9.80 Å². The fourth-order valence-corrected chi connectivity index (χ4v) is 8.30. The molecule has 2 aromatic carbocycles. The van der Waals surface area contributed by atoms with Crippen LogP contribution in [0.1, 0.15) is 103 Å². The van der Waals surface area contributed by atoms with E-state index in [4.69, 9.17) is 0 Å². The summed E-state index contributed by atoms with van der Waals surface area (Å²) in [6.45, 7) is 1.60. The van der Waals surface area contributed by atoms with Gasteiger partial charge in [-0.2, -0.15) is 0 Å². The molecule has 2 aromatic rings. The molecule has 3 aliphatic carbocycles. The van der Waals surface area contributed by atoms with Crippen molar-refractivity contribution in [3.8, 4) is 0 Å². The molecule has 0 aliphatic heterocycles. The summed E-state index contributed by atoms with van der Waals surface area (Å²) in [5.74, 6) is 0.901. The third-order valence-corrected chi connectivity index (χ3v) is 11.1. The van der Waals surface area contributed by atoms with Crippen molar-refractivity contribution in [3.05, 3.63) is 48.5 Å². The van der Waals surface area contributed by atoms with Gasteiger partial charge in [0.25, 0.3) is 0 Å². The predicted molar refractivity (Wildman–Crippen MR) is 201 cm³/mol. The number of anilines is 4. The van der Waals surface area contributed by atoms with E-state index in [2.05, 4.69) is 54.5 Å².